The molecule has 164 valence electrons. The normalized spacial score (nSPS) is 14.4. The molecular weight excluding hydrogens is 440 g/mol. The molecule has 1 N–H and O–H groups in total. The van der Waals surface area contributed by atoms with Crippen molar-refractivity contribution in [2.75, 3.05) is 11.2 Å². The molecule has 0 saturated heterocycles. The van der Waals surface area contributed by atoms with Gasteiger partial charge in [-0.05, 0) is 30.5 Å². The zero-order chi connectivity index (χ0) is 22.6. The second kappa shape index (κ2) is 9.65. The van der Waals surface area contributed by atoms with Gasteiger partial charge in [0.25, 0.3) is 0 Å². The van der Waals surface area contributed by atoms with Crippen molar-refractivity contribution in [3.8, 4) is 0 Å². The molecule has 3 rings (SSSR count). The number of nitrogens with zero attached hydrogens (tertiary/aromatic N) is 3. The minimum atomic E-state index is -3.52. The summed E-state index contributed by atoms with van der Waals surface area (Å²) in [6.45, 7) is 0. The van der Waals surface area contributed by atoms with Gasteiger partial charge in [-0.25, -0.2) is 18.4 Å². The van der Waals surface area contributed by atoms with Crippen LogP contribution in [-0.2, 0) is 14.6 Å². The van der Waals surface area contributed by atoms with Crippen molar-refractivity contribution in [3.05, 3.63) is 41.3 Å². The smallest absolute Gasteiger partial charge is 0.232 e. The molecule has 1 fully saturated rings. The fourth-order valence-electron chi connectivity index (χ4n) is 3.71. The molecule has 1 heterocycles. The van der Waals surface area contributed by atoms with Crippen molar-refractivity contribution in [3.63, 3.8) is 0 Å². The third-order valence-corrected chi connectivity index (χ3v) is 6.89. The summed E-state index contributed by atoms with van der Waals surface area (Å²) in [5, 5.41) is 7.04. The molecule has 0 aliphatic heterocycles. The standard InChI is InChI=1S/C21H23ClN4O4S/c1-31(29,30)19-8-7-15(10-16(19)22)26(21(28)9-6-14-4-2-3-5-14)20-13-24-17(12-25-20)18(27)11-23/h7-8,10-14,23H,2-6,9H2,1H3. The number of benzene rings is 1. The molecule has 0 unspecified atom stereocenters. The van der Waals surface area contributed by atoms with Gasteiger partial charge < -0.3 is 5.41 Å². The third kappa shape index (κ3) is 5.54. The Hall–Kier alpha value is -2.65. The molecule has 8 nitrogen and oxygen atoms in total. The lowest BCUT2D eigenvalue weighted by molar-refractivity contribution is -0.118. The van der Waals surface area contributed by atoms with Crippen LogP contribution in [0.5, 0.6) is 0 Å². The number of amides is 1. The fraction of sp³-hybridized carbons (Fsp3) is 0.381. The number of sulfone groups is 1. The number of carbonyl (C=O) groups excluding carboxylic acids is 2. The van der Waals surface area contributed by atoms with Crippen LogP contribution in [0.1, 0.15) is 49.0 Å². The van der Waals surface area contributed by atoms with Crippen molar-refractivity contribution in [1.82, 2.24) is 9.97 Å². The van der Waals surface area contributed by atoms with Crippen LogP contribution >= 0.6 is 11.6 Å². The maximum atomic E-state index is 13.2. The molecule has 0 atom stereocenters. The summed E-state index contributed by atoms with van der Waals surface area (Å²) in [5.74, 6) is -0.129. The van der Waals surface area contributed by atoms with Crippen molar-refractivity contribution in [2.45, 2.75) is 43.4 Å². The first-order valence-corrected chi connectivity index (χ1v) is 12.2. The number of nitrogens with one attached hydrogen (secondary N) is 1. The highest BCUT2D eigenvalue weighted by Crippen LogP contribution is 2.33. The van der Waals surface area contributed by atoms with E-state index in [0.717, 1.165) is 25.5 Å². The predicted molar refractivity (Wildman–Crippen MR) is 118 cm³/mol. The number of hydrogen-bond acceptors (Lipinski definition) is 7. The predicted octanol–water partition coefficient (Wildman–Crippen LogP) is 4.00. The van der Waals surface area contributed by atoms with Gasteiger partial charge in [0.1, 0.15) is 5.69 Å². The molecule has 1 amide bonds. The summed E-state index contributed by atoms with van der Waals surface area (Å²) in [5.41, 5.74) is 0.344. The SMILES string of the molecule is CS(=O)(=O)c1ccc(N(C(=O)CCC2CCCC2)c2cnc(C(=O)C=N)cn2)cc1Cl. The Morgan fingerprint density at radius 3 is 2.48 bits per heavy atom. The van der Waals surface area contributed by atoms with Crippen LogP contribution in [0.4, 0.5) is 11.5 Å². The van der Waals surface area contributed by atoms with Gasteiger partial charge in [0.2, 0.25) is 11.7 Å². The Labute approximate surface area is 186 Å². The van der Waals surface area contributed by atoms with Crippen LogP contribution < -0.4 is 4.90 Å². The van der Waals surface area contributed by atoms with Crippen molar-refractivity contribution < 1.29 is 18.0 Å². The molecule has 1 aliphatic rings. The molecule has 2 aromatic rings. The monoisotopic (exact) mass is 462 g/mol. The maximum absolute atomic E-state index is 13.2. The van der Waals surface area contributed by atoms with Gasteiger partial charge in [0, 0.05) is 12.7 Å². The van der Waals surface area contributed by atoms with Crippen LogP contribution in [0.15, 0.2) is 35.5 Å². The van der Waals surface area contributed by atoms with E-state index in [4.69, 9.17) is 17.0 Å². The molecule has 0 spiro atoms. The van der Waals surface area contributed by atoms with E-state index in [1.54, 1.807) is 0 Å². The molecule has 31 heavy (non-hydrogen) atoms. The first-order chi connectivity index (χ1) is 14.7. The van der Waals surface area contributed by atoms with Crippen molar-refractivity contribution in [1.29, 1.82) is 5.41 Å². The van der Waals surface area contributed by atoms with E-state index < -0.39 is 15.6 Å². The first-order valence-electron chi connectivity index (χ1n) is 9.90. The first kappa shape index (κ1) is 23.0. The lowest BCUT2D eigenvalue weighted by Crippen LogP contribution is -2.27. The van der Waals surface area contributed by atoms with Crippen LogP contribution in [0.2, 0.25) is 5.02 Å². The fourth-order valence-corrected chi connectivity index (χ4v) is 5.03. The number of rotatable bonds is 8. The molecular formula is C21H23ClN4O4S. The second-order valence-corrected chi connectivity index (χ2v) is 9.96. The van der Waals surface area contributed by atoms with E-state index in [1.165, 1.54) is 48.3 Å². The van der Waals surface area contributed by atoms with E-state index >= 15 is 0 Å². The third-order valence-electron chi connectivity index (χ3n) is 5.31. The maximum Gasteiger partial charge on any atom is 0.232 e. The summed E-state index contributed by atoms with van der Waals surface area (Å²) in [7, 11) is -3.52. The molecule has 0 radical (unpaired) electrons. The number of ketones is 1. The Bertz CT molecular complexity index is 1100. The minimum Gasteiger partial charge on any atom is -0.305 e. The number of aromatic nitrogens is 2. The van der Waals surface area contributed by atoms with Crippen LogP contribution in [-0.4, -0.2) is 42.5 Å². The second-order valence-electron chi connectivity index (χ2n) is 7.57. The molecule has 0 bridgehead atoms. The van der Waals surface area contributed by atoms with Crippen LogP contribution in [0.25, 0.3) is 0 Å². The largest absolute Gasteiger partial charge is 0.305 e. The molecule has 1 aromatic heterocycles. The summed E-state index contributed by atoms with van der Waals surface area (Å²) in [6, 6.07) is 4.25. The van der Waals surface area contributed by atoms with Crippen LogP contribution in [0, 0.1) is 11.3 Å². The lowest BCUT2D eigenvalue weighted by atomic mass is 10.0. The summed E-state index contributed by atoms with van der Waals surface area (Å²) in [4.78, 5) is 34.3. The van der Waals surface area contributed by atoms with Gasteiger partial charge in [0.15, 0.2) is 15.7 Å². The van der Waals surface area contributed by atoms with Gasteiger partial charge in [-0.2, -0.15) is 0 Å². The quantitative estimate of drug-likeness (QED) is 0.467. The highest BCUT2D eigenvalue weighted by Gasteiger charge is 2.24. The van der Waals surface area contributed by atoms with Crippen molar-refractivity contribution >= 4 is 50.8 Å². The van der Waals surface area contributed by atoms with Crippen molar-refractivity contribution in [2.24, 2.45) is 5.92 Å². The van der Waals surface area contributed by atoms with Gasteiger partial charge in [-0.3, -0.25) is 14.5 Å². The highest BCUT2D eigenvalue weighted by molar-refractivity contribution is 7.90. The van der Waals surface area contributed by atoms with Crippen LogP contribution in [0.3, 0.4) is 0 Å². The zero-order valence-electron chi connectivity index (χ0n) is 17.0. The van der Waals surface area contributed by atoms with E-state index in [0.29, 0.717) is 24.2 Å². The van der Waals surface area contributed by atoms with Gasteiger partial charge in [0.05, 0.1) is 34.2 Å². The zero-order valence-corrected chi connectivity index (χ0v) is 18.6. The number of hydrogen-bond donors (Lipinski definition) is 1. The Morgan fingerprint density at radius 2 is 1.94 bits per heavy atom. The van der Waals surface area contributed by atoms with Gasteiger partial charge in [-0.1, -0.05) is 37.3 Å². The summed E-state index contributed by atoms with van der Waals surface area (Å²) >= 11 is 6.19. The van der Waals surface area contributed by atoms with E-state index in [2.05, 4.69) is 9.97 Å². The average molecular weight is 463 g/mol. The number of carbonyl (C=O) groups is 2. The number of halogens is 1. The average Bonchev–Trinajstić information content (AvgIpc) is 3.25. The summed E-state index contributed by atoms with van der Waals surface area (Å²) in [6.07, 6.45) is 9.81. The Balaban J connectivity index is 1.95. The molecule has 1 saturated carbocycles. The van der Waals surface area contributed by atoms with E-state index in [9.17, 15) is 18.0 Å². The molecule has 1 aliphatic carbocycles. The highest BCUT2D eigenvalue weighted by atomic mass is 35.5. The lowest BCUT2D eigenvalue weighted by Gasteiger charge is -2.23. The number of Topliss-reactive ketones (excluding diaryl/α,β-unsaturated/α-hetero) is 1. The summed E-state index contributed by atoms with van der Waals surface area (Å²) < 4.78 is 23.8. The van der Waals surface area contributed by atoms with Gasteiger partial charge in [-0.15, -0.1) is 0 Å². The Kier molecular flexibility index (Phi) is 7.17. The Morgan fingerprint density at radius 1 is 1.23 bits per heavy atom. The van der Waals surface area contributed by atoms with E-state index in [1.807, 2.05) is 0 Å². The van der Waals surface area contributed by atoms with E-state index in [-0.39, 0.29) is 27.3 Å². The topological polar surface area (TPSA) is 121 Å². The number of anilines is 2. The molecule has 10 heteroatoms. The molecule has 1 aromatic carbocycles. The minimum absolute atomic E-state index is 0.00263. The van der Waals surface area contributed by atoms with Gasteiger partial charge >= 0.3 is 0 Å².